The van der Waals surface area contributed by atoms with Crippen LogP contribution in [0.3, 0.4) is 0 Å². The normalized spacial score (nSPS) is 48.5. The summed E-state index contributed by atoms with van der Waals surface area (Å²) in [4.78, 5) is 16.4. The van der Waals surface area contributed by atoms with E-state index in [1.807, 2.05) is 24.3 Å². The summed E-state index contributed by atoms with van der Waals surface area (Å²) in [6.45, 7) is 6.21. The Morgan fingerprint density at radius 1 is 0.877 bits per heavy atom. The lowest BCUT2D eigenvalue weighted by Gasteiger charge is -2.74. The Morgan fingerprint density at radius 3 is 2.35 bits per heavy atom. The zero-order chi connectivity index (χ0) is 57.1. The van der Waals surface area contributed by atoms with Gasteiger partial charge in [-0.1, -0.05) is 82.2 Å². The summed E-state index contributed by atoms with van der Waals surface area (Å²) in [6, 6.07) is 0. The number of rotatable bonds is 16. The van der Waals surface area contributed by atoms with Gasteiger partial charge in [0, 0.05) is 59.1 Å². The number of allylic oxidation sites excluding steroid dienone is 6. The first-order valence-electron chi connectivity index (χ1n) is 32.6. The minimum absolute atomic E-state index is 0.00847. The maximum Gasteiger partial charge on any atom is 0.182 e. The molecule has 0 aromatic carbocycles. The second-order valence-electron chi connectivity index (χ2n) is 29.1. The number of carbonyl (C=O) groups excluding carboxylic acids is 1. The van der Waals surface area contributed by atoms with E-state index in [2.05, 4.69) is 29.7 Å². The molecule has 2 aliphatic heterocycles. The van der Waals surface area contributed by atoms with Crippen LogP contribution in [0.15, 0.2) is 59.0 Å². The highest BCUT2D eigenvalue weighted by Gasteiger charge is 2.85. The van der Waals surface area contributed by atoms with Gasteiger partial charge in [-0.05, 0) is 177 Å². The molecule has 13 aliphatic rings. The van der Waals surface area contributed by atoms with Crippen LogP contribution in [-0.2, 0) is 14.3 Å². The minimum atomic E-state index is -1.98. The predicted octanol–water partition coefficient (Wildman–Crippen LogP) is 6.32. The van der Waals surface area contributed by atoms with Crippen molar-refractivity contribution < 1.29 is 60.2 Å². The number of ether oxygens (including phenoxy) is 2. The SMILES string of the molecule is CCC[C@H]1CC[C@H]2[C@@H]3[C@H](O)CCC[C@](O)([C@](C)(O)[C@H]4CC[C@@]5(O)C6=C(NC[C@H](C)O)C(=O)[C@@H]7C[C@@H](O)[C@@H](O)C[C@@]78C[C@]7(C9=C(CCCO)NC(N)C=C9)C=C[C@]68[C@](O)(C=C7)C[C@]45C4CCC(CCOC5CCCC5)CC4)[C@@H]3O[C@@H]2CC1. The van der Waals surface area contributed by atoms with Crippen LogP contribution in [0.2, 0.25) is 0 Å². The van der Waals surface area contributed by atoms with E-state index in [1.54, 1.807) is 13.8 Å². The van der Waals surface area contributed by atoms with Crippen molar-refractivity contribution in [3.63, 3.8) is 0 Å². The number of Topliss-reactive ketones (excluding diaryl/α,β-unsaturated/α-hetero) is 1. The van der Waals surface area contributed by atoms with Crippen molar-refractivity contribution in [2.45, 2.75) is 259 Å². The van der Waals surface area contributed by atoms with Crippen LogP contribution < -0.4 is 16.4 Å². The zero-order valence-electron chi connectivity index (χ0n) is 49.0. The first-order valence-corrected chi connectivity index (χ1v) is 32.6. The molecule has 0 radical (unpaired) electrons. The molecule has 15 nitrogen and oxygen atoms in total. The fraction of sp³-hybridized carbons (Fsp3) is 0.833. The molecule has 13 rings (SSSR count). The molecule has 452 valence electrons. The summed E-state index contributed by atoms with van der Waals surface area (Å²) in [5.74, 6) is -1.97. The molecule has 2 heterocycles. The molecule has 11 aliphatic carbocycles. The molecule has 0 aromatic rings. The Bertz CT molecular complexity index is 2520. The van der Waals surface area contributed by atoms with Gasteiger partial charge in [-0.3, -0.25) is 4.79 Å². The van der Waals surface area contributed by atoms with Gasteiger partial charge in [-0.15, -0.1) is 0 Å². The summed E-state index contributed by atoms with van der Waals surface area (Å²) >= 11 is 0. The van der Waals surface area contributed by atoms with Gasteiger partial charge in [-0.25, -0.2) is 0 Å². The van der Waals surface area contributed by atoms with Crippen LogP contribution in [0.5, 0.6) is 0 Å². The lowest BCUT2D eigenvalue weighted by Crippen LogP contribution is -2.78. The van der Waals surface area contributed by atoms with Crippen LogP contribution in [0.1, 0.15) is 188 Å². The predicted molar refractivity (Wildman–Crippen MR) is 306 cm³/mol. The quantitative estimate of drug-likeness (QED) is 0.0755. The summed E-state index contributed by atoms with van der Waals surface area (Å²) < 4.78 is 13.7. The second kappa shape index (κ2) is 21.7. The molecular weight excluding hydrogens is 1030 g/mol. The van der Waals surface area contributed by atoms with Crippen molar-refractivity contribution in [1.82, 2.24) is 10.6 Å². The Labute approximate surface area is 481 Å². The average molecular weight is 1130 g/mol. The maximum absolute atomic E-state index is 16.4. The molecule has 8 fully saturated rings. The summed E-state index contributed by atoms with van der Waals surface area (Å²) in [6.07, 6.45) is 23.4. The molecule has 1 unspecified atom stereocenters. The van der Waals surface area contributed by atoms with Crippen molar-refractivity contribution in [3.05, 3.63) is 59.0 Å². The summed E-state index contributed by atoms with van der Waals surface area (Å²) in [7, 11) is 0. The van der Waals surface area contributed by atoms with Crippen LogP contribution in [0.4, 0.5) is 0 Å². The molecule has 1 saturated heterocycles. The number of dihydropyridines is 1. The first kappa shape index (κ1) is 58.9. The topological polar surface area (TPSA) is 268 Å². The standard InChI is InChI=1S/C66H101N3O12/c1-4-9-40-16-20-44-51(22-17-40)81-58-54(44)48(72)13-7-26-66(58,79)59(3,76)52-24-27-65(78)57-55(68-36-39(2)71)56(75)46-34-49(73)50(74)35-61(46)37-60(45-21-23-53(67)69-47(45)12-8-32-70)28-30-62(77,64(57,61)31-29-60)38-63(52,65)42-18-14-41(15-19-42)25-33-80-43-10-5-6-11-43/h21,23,28-31,39-44,46,48-54,58,68-74,76-79H,4-20,22,24-27,32-38,67H2,1-3H3/t39-,40-,41?,42?,44+,46-,48+,49+,50-,51+,52+,53?,54+,58+,59+,60+,61+,62-,63-,64-,65+,66+/m0/s1. The number of carbonyl (C=O) groups is 1. The van der Waals surface area contributed by atoms with E-state index in [4.69, 9.17) is 15.2 Å². The second-order valence-corrected chi connectivity index (χ2v) is 29.1. The van der Waals surface area contributed by atoms with Gasteiger partial charge in [0.2, 0.25) is 0 Å². The maximum atomic E-state index is 16.4. The van der Waals surface area contributed by atoms with E-state index in [1.165, 1.54) is 12.8 Å². The van der Waals surface area contributed by atoms with Crippen molar-refractivity contribution in [3.8, 4) is 0 Å². The molecule has 20 atom stereocenters. The molecule has 13 N–H and O–H groups in total. The van der Waals surface area contributed by atoms with E-state index in [9.17, 15) is 35.7 Å². The highest BCUT2D eigenvalue weighted by molar-refractivity contribution is 6.01. The van der Waals surface area contributed by atoms with Crippen molar-refractivity contribution in [2.24, 2.45) is 68.8 Å². The highest BCUT2D eigenvalue weighted by Crippen LogP contribution is 2.83. The molecule has 2 bridgehead atoms. The smallest absolute Gasteiger partial charge is 0.182 e. The number of aliphatic hydroxyl groups excluding tert-OH is 5. The number of aliphatic hydroxyl groups is 9. The van der Waals surface area contributed by atoms with Gasteiger partial charge in [0.25, 0.3) is 0 Å². The molecule has 81 heavy (non-hydrogen) atoms. The average Bonchev–Trinajstić information content (AvgIpc) is 1.66. The van der Waals surface area contributed by atoms with Crippen molar-refractivity contribution >= 4 is 5.78 Å². The number of hydrogen-bond acceptors (Lipinski definition) is 15. The Hall–Kier alpha value is -2.51. The number of nitrogens with one attached hydrogen (secondary N) is 2. The minimum Gasteiger partial charge on any atom is -0.396 e. The monoisotopic (exact) mass is 1130 g/mol. The van der Waals surface area contributed by atoms with Crippen LogP contribution in [0.25, 0.3) is 0 Å². The van der Waals surface area contributed by atoms with Crippen LogP contribution in [0, 0.1) is 63.1 Å². The zero-order valence-corrected chi connectivity index (χ0v) is 49.0. The number of hydrogen-bond donors (Lipinski definition) is 12. The third-order valence-corrected chi connectivity index (χ3v) is 25.1. The number of ketones is 1. The Morgan fingerprint density at radius 2 is 1.60 bits per heavy atom. The van der Waals surface area contributed by atoms with E-state index >= 15 is 15.0 Å². The largest absolute Gasteiger partial charge is 0.396 e. The number of fused-ring (bicyclic) bond motifs is 5. The van der Waals surface area contributed by atoms with Gasteiger partial charge in [0.15, 0.2) is 5.78 Å². The summed E-state index contributed by atoms with van der Waals surface area (Å²) in [5.41, 5.74) is -4.33. The third-order valence-electron chi connectivity index (χ3n) is 25.1. The number of nitrogens with two attached hydrogens (primary N) is 1. The van der Waals surface area contributed by atoms with Gasteiger partial charge >= 0.3 is 0 Å². The van der Waals surface area contributed by atoms with Crippen LogP contribution in [-0.4, -0.2) is 143 Å². The van der Waals surface area contributed by atoms with Gasteiger partial charge in [-0.2, -0.15) is 0 Å². The van der Waals surface area contributed by atoms with Crippen molar-refractivity contribution in [1.29, 1.82) is 0 Å². The summed E-state index contributed by atoms with van der Waals surface area (Å²) in [5, 5.41) is 123. The van der Waals surface area contributed by atoms with E-state index < -0.39 is 98.5 Å². The Balaban J connectivity index is 1.05. The lowest BCUT2D eigenvalue weighted by molar-refractivity contribution is -0.285. The van der Waals surface area contributed by atoms with E-state index in [0.717, 1.165) is 81.9 Å². The Kier molecular flexibility index (Phi) is 15.8. The molecular formula is C66H101N3O12. The van der Waals surface area contributed by atoms with Crippen molar-refractivity contribution in [2.75, 3.05) is 19.8 Å². The van der Waals surface area contributed by atoms with Gasteiger partial charge in [0.1, 0.15) is 5.60 Å². The molecule has 7 saturated carbocycles. The highest BCUT2D eigenvalue weighted by atomic mass is 16.5. The lowest BCUT2D eigenvalue weighted by atomic mass is 9.30. The van der Waals surface area contributed by atoms with Gasteiger partial charge < -0.3 is 71.8 Å². The molecule has 15 heteroatoms. The van der Waals surface area contributed by atoms with Crippen LogP contribution >= 0.6 is 0 Å². The molecule has 0 aromatic heterocycles. The van der Waals surface area contributed by atoms with E-state index in [0.29, 0.717) is 68.6 Å². The molecule has 2 spiro atoms. The third kappa shape index (κ3) is 8.84. The van der Waals surface area contributed by atoms with Gasteiger partial charge in [0.05, 0.1) is 76.8 Å². The fourth-order valence-corrected chi connectivity index (χ4v) is 21.6. The van der Waals surface area contributed by atoms with E-state index in [-0.39, 0.29) is 87.5 Å². The first-order chi connectivity index (χ1) is 38.7. The molecule has 0 amide bonds. The fourth-order valence-electron chi connectivity index (χ4n) is 21.6.